The summed E-state index contributed by atoms with van der Waals surface area (Å²) < 4.78 is 2.50. The second-order valence-corrected chi connectivity index (χ2v) is 12.8. The van der Waals surface area contributed by atoms with Crippen LogP contribution in [0.25, 0.3) is 68.0 Å². The lowest BCUT2D eigenvalue weighted by atomic mass is 9.74. The van der Waals surface area contributed by atoms with Crippen molar-refractivity contribution in [2.45, 2.75) is 26.2 Å². The van der Waals surface area contributed by atoms with Gasteiger partial charge in [-0.3, -0.25) is 0 Å². The Morgan fingerprint density at radius 2 is 1.33 bits per heavy atom. The molecular weight excluding hydrogens is 542 g/mol. The van der Waals surface area contributed by atoms with Gasteiger partial charge >= 0.3 is 0 Å². The molecule has 0 saturated heterocycles. The Labute approximate surface area is 264 Å². The van der Waals surface area contributed by atoms with Crippen LogP contribution in [0.5, 0.6) is 0 Å². The highest BCUT2D eigenvalue weighted by Gasteiger charge is 2.35. The van der Waals surface area contributed by atoms with Gasteiger partial charge in [-0.1, -0.05) is 130 Å². The highest BCUT2D eigenvalue weighted by molar-refractivity contribution is 6.14. The second kappa shape index (κ2) is 10.4. The average Bonchev–Trinajstić information content (AvgIpc) is 3.41. The zero-order valence-corrected chi connectivity index (χ0v) is 26.0. The van der Waals surface area contributed by atoms with Crippen molar-refractivity contribution in [1.29, 1.82) is 0 Å². The number of hydrogen-bond donors (Lipinski definition) is 0. The van der Waals surface area contributed by atoms with Crippen molar-refractivity contribution in [3.05, 3.63) is 167 Å². The van der Waals surface area contributed by atoms with Gasteiger partial charge in [0.2, 0.25) is 0 Å². The first-order valence-electron chi connectivity index (χ1n) is 15.7. The van der Waals surface area contributed by atoms with Gasteiger partial charge in [0, 0.05) is 16.2 Å². The maximum Gasteiger partial charge on any atom is 0.0582 e. The van der Waals surface area contributed by atoms with Crippen LogP contribution >= 0.6 is 0 Å². The highest BCUT2D eigenvalue weighted by atomic mass is 15.0. The van der Waals surface area contributed by atoms with Gasteiger partial charge in [0.05, 0.1) is 16.7 Å². The summed E-state index contributed by atoms with van der Waals surface area (Å²) in [5, 5.41) is 4.77. The maximum atomic E-state index is 4.18. The summed E-state index contributed by atoms with van der Waals surface area (Å²) in [6.45, 7) is 11.1. The number of aromatic nitrogens is 1. The van der Waals surface area contributed by atoms with Gasteiger partial charge in [-0.25, -0.2) is 0 Å². The molecule has 0 bridgehead atoms. The molecule has 8 rings (SSSR count). The van der Waals surface area contributed by atoms with Crippen LogP contribution in [-0.4, -0.2) is 4.57 Å². The van der Waals surface area contributed by atoms with E-state index in [0.29, 0.717) is 0 Å². The predicted molar refractivity (Wildman–Crippen MR) is 193 cm³/mol. The highest BCUT2D eigenvalue weighted by Crippen LogP contribution is 2.49. The van der Waals surface area contributed by atoms with Crippen molar-refractivity contribution in [3.8, 4) is 27.9 Å². The molecule has 1 heteroatoms. The minimum atomic E-state index is -0.151. The fourth-order valence-electron chi connectivity index (χ4n) is 7.15. The van der Waals surface area contributed by atoms with Gasteiger partial charge in [-0.15, -0.1) is 0 Å². The predicted octanol–water partition coefficient (Wildman–Crippen LogP) is 10.1. The Kier molecular flexibility index (Phi) is 6.25. The van der Waals surface area contributed by atoms with Crippen molar-refractivity contribution >= 4 is 40.0 Å². The molecule has 0 spiro atoms. The van der Waals surface area contributed by atoms with Crippen LogP contribution in [0, 0.1) is 0 Å². The lowest BCUT2D eigenvalue weighted by Gasteiger charge is -2.35. The summed E-state index contributed by atoms with van der Waals surface area (Å²) in [7, 11) is 0. The van der Waals surface area contributed by atoms with Crippen LogP contribution in [-0.2, 0) is 5.41 Å². The number of hydrogen-bond acceptors (Lipinski definition) is 0. The van der Waals surface area contributed by atoms with Crippen LogP contribution in [0.4, 0.5) is 0 Å². The molecule has 0 fully saturated rings. The van der Waals surface area contributed by atoms with E-state index in [1.165, 1.54) is 72.0 Å². The van der Waals surface area contributed by atoms with Gasteiger partial charge in [0.1, 0.15) is 0 Å². The molecule has 45 heavy (non-hydrogen) atoms. The van der Waals surface area contributed by atoms with E-state index in [0.717, 1.165) is 10.4 Å². The minimum absolute atomic E-state index is 0.151. The second-order valence-electron chi connectivity index (χ2n) is 12.8. The molecule has 1 nitrogen and oxygen atoms in total. The molecule has 1 aliphatic heterocycles. The van der Waals surface area contributed by atoms with E-state index >= 15 is 0 Å². The van der Waals surface area contributed by atoms with Crippen LogP contribution in [0.2, 0.25) is 0 Å². The number of fused-ring (bicyclic) bond motifs is 5. The molecule has 0 N–H and O–H groups in total. The Morgan fingerprint density at radius 1 is 0.622 bits per heavy atom. The van der Waals surface area contributed by atoms with Crippen molar-refractivity contribution in [2.75, 3.05) is 0 Å². The molecule has 1 aliphatic rings. The summed E-state index contributed by atoms with van der Waals surface area (Å²) in [5.41, 5.74) is 13.8. The van der Waals surface area contributed by atoms with Crippen LogP contribution in [0.15, 0.2) is 140 Å². The molecule has 7 aromatic rings. The molecule has 0 amide bonds. The zero-order chi connectivity index (χ0) is 30.7. The third-order valence-corrected chi connectivity index (χ3v) is 9.68. The Balaban J connectivity index is 1.36. The number of allylic oxidation sites excluding steroid dienone is 2. The molecule has 0 atom stereocenters. The summed E-state index contributed by atoms with van der Waals surface area (Å²) in [5.74, 6) is 0. The first-order chi connectivity index (χ1) is 21.9. The van der Waals surface area contributed by atoms with E-state index in [-0.39, 0.29) is 5.41 Å². The fourth-order valence-corrected chi connectivity index (χ4v) is 7.15. The Bertz CT molecular complexity index is 2420. The summed E-state index contributed by atoms with van der Waals surface area (Å²) in [6.07, 6.45) is 4.37. The summed E-state index contributed by atoms with van der Waals surface area (Å²) in [6, 6.07) is 48.7. The molecule has 2 heterocycles. The van der Waals surface area contributed by atoms with Crippen molar-refractivity contribution in [1.82, 2.24) is 4.57 Å². The van der Waals surface area contributed by atoms with E-state index in [1.54, 1.807) is 0 Å². The number of nitrogens with zero attached hydrogens (tertiary/aromatic N) is 1. The third-order valence-electron chi connectivity index (χ3n) is 9.68. The largest absolute Gasteiger partial charge is 0.309 e. The van der Waals surface area contributed by atoms with Crippen LogP contribution < -0.4 is 10.4 Å². The number of benzene rings is 6. The molecule has 0 saturated carbocycles. The molecule has 0 aliphatic carbocycles. The minimum Gasteiger partial charge on any atom is -0.309 e. The molecule has 0 radical (unpaired) electrons. The Hall–Kier alpha value is -5.40. The lowest BCUT2D eigenvalue weighted by molar-refractivity contribution is 0.630. The fraction of sp³-hybridized carbons (Fsp3) is 0.0909. The summed E-state index contributed by atoms with van der Waals surface area (Å²) in [4.78, 5) is 0. The SMILES string of the molecule is C=c1cccc/c1=C/C=C(\C)c1cccc(-c2cc3c4c(c2)c2cc(-c5ccccc5)ccc2n4-c2ccccc2C3(C)C)c1. The molecular formula is C44H35N. The zero-order valence-electron chi connectivity index (χ0n) is 26.0. The normalized spacial score (nSPS) is 14.2. The van der Waals surface area contributed by atoms with E-state index in [1.807, 2.05) is 6.07 Å². The Morgan fingerprint density at radius 3 is 2.18 bits per heavy atom. The van der Waals surface area contributed by atoms with Crippen LogP contribution in [0.1, 0.15) is 37.5 Å². The molecule has 1 aromatic heterocycles. The molecule has 6 aromatic carbocycles. The quantitative estimate of drug-likeness (QED) is 0.196. The first-order valence-corrected chi connectivity index (χ1v) is 15.7. The van der Waals surface area contributed by atoms with Gasteiger partial charge in [0.15, 0.2) is 0 Å². The van der Waals surface area contributed by atoms with E-state index in [4.69, 9.17) is 0 Å². The standard InChI is InChI=1S/C44H35N/c1-29-13-8-9-14-31(29)22-21-30(2)33-17-12-18-34(25-33)36-27-38-37-26-35(32-15-6-5-7-16-32)23-24-41(37)45-42-20-11-10-19-39(42)44(3,4)40(28-36)43(38)45/h5-28H,1H2,2-4H3/b30-21+,31-22-. The summed E-state index contributed by atoms with van der Waals surface area (Å²) >= 11 is 0. The van der Waals surface area contributed by atoms with Crippen molar-refractivity contribution in [3.63, 3.8) is 0 Å². The van der Waals surface area contributed by atoms with Gasteiger partial charge in [-0.05, 0) is 98.3 Å². The van der Waals surface area contributed by atoms with Gasteiger partial charge in [-0.2, -0.15) is 0 Å². The average molecular weight is 578 g/mol. The van der Waals surface area contributed by atoms with Crippen molar-refractivity contribution < 1.29 is 0 Å². The van der Waals surface area contributed by atoms with Crippen molar-refractivity contribution in [2.24, 2.45) is 0 Å². The van der Waals surface area contributed by atoms with E-state index in [9.17, 15) is 0 Å². The molecule has 0 unspecified atom stereocenters. The number of rotatable bonds is 4. The van der Waals surface area contributed by atoms with E-state index < -0.39 is 0 Å². The third kappa shape index (κ3) is 4.38. The van der Waals surface area contributed by atoms with Gasteiger partial charge < -0.3 is 4.57 Å². The van der Waals surface area contributed by atoms with Crippen LogP contribution in [0.3, 0.4) is 0 Å². The monoisotopic (exact) mass is 577 g/mol. The smallest absolute Gasteiger partial charge is 0.0582 e. The maximum absolute atomic E-state index is 4.18. The lowest BCUT2D eigenvalue weighted by Crippen LogP contribution is -2.26. The first kappa shape index (κ1) is 27.2. The topological polar surface area (TPSA) is 4.93 Å². The van der Waals surface area contributed by atoms with E-state index in [2.05, 4.69) is 171 Å². The van der Waals surface area contributed by atoms with Gasteiger partial charge in [0.25, 0.3) is 0 Å². The molecule has 216 valence electrons. The number of para-hydroxylation sites is 1.